The smallest absolute Gasteiger partial charge is 0.0809 e. The van der Waals surface area contributed by atoms with E-state index in [0.29, 0.717) is 5.92 Å². The van der Waals surface area contributed by atoms with Gasteiger partial charge in [0.25, 0.3) is 0 Å². The van der Waals surface area contributed by atoms with Gasteiger partial charge in [0.15, 0.2) is 0 Å². The van der Waals surface area contributed by atoms with Gasteiger partial charge in [-0.25, -0.2) is 0 Å². The quantitative estimate of drug-likeness (QED) is 0.890. The number of nitrogens with zero attached hydrogens (tertiary/aromatic N) is 1. The van der Waals surface area contributed by atoms with Crippen molar-refractivity contribution in [1.29, 1.82) is 0 Å². The van der Waals surface area contributed by atoms with Crippen molar-refractivity contribution in [1.82, 2.24) is 10.3 Å². The van der Waals surface area contributed by atoms with Crippen LogP contribution >= 0.6 is 11.3 Å². The Kier molecular flexibility index (Phi) is 3.59. The first-order valence-corrected chi connectivity index (χ1v) is 7.42. The Morgan fingerprint density at radius 3 is 3.22 bits per heavy atom. The number of rotatable bonds is 4. The fourth-order valence-corrected chi connectivity index (χ4v) is 3.45. The molecule has 0 saturated heterocycles. The third kappa shape index (κ3) is 2.55. The SMILES string of the molecule is OC1CCCC1CNCc1cnc2ccsc2c1. The molecule has 0 radical (unpaired) electrons. The van der Waals surface area contributed by atoms with Crippen molar-refractivity contribution in [3.05, 3.63) is 29.3 Å². The minimum Gasteiger partial charge on any atom is -0.393 e. The summed E-state index contributed by atoms with van der Waals surface area (Å²) in [7, 11) is 0. The number of hydrogen-bond acceptors (Lipinski definition) is 4. The van der Waals surface area contributed by atoms with Crippen molar-refractivity contribution < 1.29 is 5.11 Å². The van der Waals surface area contributed by atoms with Gasteiger partial charge in [-0.3, -0.25) is 4.98 Å². The zero-order valence-corrected chi connectivity index (χ0v) is 11.1. The maximum atomic E-state index is 9.75. The van der Waals surface area contributed by atoms with Crippen LogP contribution in [-0.4, -0.2) is 22.7 Å². The van der Waals surface area contributed by atoms with Gasteiger partial charge in [-0.2, -0.15) is 0 Å². The molecule has 0 aliphatic heterocycles. The normalized spacial score (nSPS) is 23.8. The maximum Gasteiger partial charge on any atom is 0.0809 e. The number of hydrogen-bond donors (Lipinski definition) is 2. The lowest BCUT2D eigenvalue weighted by Crippen LogP contribution is -2.27. The second-order valence-corrected chi connectivity index (χ2v) is 5.98. The third-order valence-corrected chi connectivity index (χ3v) is 4.57. The molecule has 2 N–H and O–H groups in total. The highest BCUT2D eigenvalue weighted by Gasteiger charge is 2.24. The summed E-state index contributed by atoms with van der Waals surface area (Å²) in [5, 5.41) is 15.3. The van der Waals surface area contributed by atoms with Crippen molar-refractivity contribution in [2.45, 2.75) is 31.9 Å². The first-order chi connectivity index (χ1) is 8.83. The summed E-state index contributed by atoms with van der Waals surface area (Å²) < 4.78 is 1.25. The van der Waals surface area contributed by atoms with Crippen molar-refractivity contribution >= 4 is 21.6 Å². The monoisotopic (exact) mass is 262 g/mol. The zero-order chi connectivity index (χ0) is 12.4. The van der Waals surface area contributed by atoms with Gasteiger partial charge < -0.3 is 10.4 Å². The Morgan fingerprint density at radius 1 is 1.44 bits per heavy atom. The molecule has 18 heavy (non-hydrogen) atoms. The van der Waals surface area contributed by atoms with E-state index in [1.54, 1.807) is 11.3 Å². The Morgan fingerprint density at radius 2 is 2.39 bits per heavy atom. The van der Waals surface area contributed by atoms with Gasteiger partial charge >= 0.3 is 0 Å². The van der Waals surface area contributed by atoms with E-state index < -0.39 is 0 Å². The molecular weight excluding hydrogens is 244 g/mol. The van der Waals surface area contributed by atoms with Crippen LogP contribution in [0.4, 0.5) is 0 Å². The predicted octanol–water partition coefficient (Wildman–Crippen LogP) is 2.55. The highest BCUT2D eigenvalue weighted by Crippen LogP contribution is 2.25. The van der Waals surface area contributed by atoms with E-state index in [4.69, 9.17) is 0 Å². The predicted molar refractivity (Wildman–Crippen MR) is 74.7 cm³/mol. The van der Waals surface area contributed by atoms with Gasteiger partial charge in [0, 0.05) is 19.3 Å². The van der Waals surface area contributed by atoms with Crippen LogP contribution in [0.1, 0.15) is 24.8 Å². The summed E-state index contributed by atoms with van der Waals surface area (Å²) >= 11 is 1.73. The van der Waals surface area contributed by atoms with Crippen molar-refractivity contribution in [3.8, 4) is 0 Å². The number of fused-ring (bicyclic) bond motifs is 1. The molecule has 3 nitrogen and oxygen atoms in total. The molecule has 1 aliphatic carbocycles. The highest BCUT2D eigenvalue weighted by atomic mass is 32.1. The van der Waals surface area contributed by atoms with E-state index in [9.17, 15) is 5.11 Å². The minimum absolute atomic E-state index is 0.101. The van der Waals surface area contributed by atoms with Crippen LogP contribution in [0.15, 0.2) is 23.7 Å². The minimum atomic E-state index is -0.101. The van der Waals surface area contributed by atoms with Crippen LogP contribution in [0.5, 0.6) is 0 Å². The summed E-state index contributed by atoms with van der Waals surface area (Å²) in [4.78, 5) is 4.43. The first kappa shape index (κ1) is 12.1. The molecule has 0 bridgehead atoms. The van der Waals surface area contributed by atoms with Crippen LogP contribution in [0.2, 0.25) is 0 Å². The first-order valence-electron chi connectivity index (χ1n) is 6.54. The van der Waals surface area contributed by atoms with Crippen LogP contribution in [0.25, 0.3) is 10.2 Å². The van der Waals surface area contributed by atoms with Gasteiger partial charge in [0.1, 0.15) is 0 Å². The maximum absolute atomic E-state index is 9.75. The second kappa shape index (κ2) is 5.34. The fourth-order valence-electron chi connectivity index (χ4n) is 2.64. The van der Waals surface area contributed by atoms with Crippen LogP contribution < -0.4 is 5.32 Å². The van der Waals surface area contributed by atoms with Gasteiger partial charge in [-0.1, -0.05) is 6.42 Å². The van der Waals surface area contributed by atoms with E-state index in [1.165, 1.54) is 10.3 Å². The molecule has 2 aromatic rings. The molecule has 0 aromatic carbocycles. The lowest BCUT2D eigenvalue weighted by atomic mass is 10.1. The summed E-state index contributed by atoms with van der Waals surface area (Å²) in [6.07, 6.45) is 5.12. The van der Waals surface area contributed by atoms with Crippen LogP contribution in [0, 0.1) is 5.92 Å². The molecule has 4 heteroatoms. The Labute approximate surface area is 111 Å². The summed E-state index contributed by atoms with van der Waals surface area (Å²) in [5.74, 6) is 0.434. The molecule has 0 amide bonds. The van der Waals surface area contributed by atoms with E-state index in [2.05, 4.69) is 21.7 Å². The Hall–Kier alpha value is -0.970. The number of nitrogens with one attached hydrogen (secondary N) is 1. The molecule has 1 saturated carbocycles. The molecule has 2 heterocycles. The van der Waals surface area contributed by atoms with Gasteiger partial charge in [-0.05, 0) is 41.8 Å². The zero-order valence-electron chi connectivity index (χ0n) is 10.3. The Balaban J connectivity index is 1.56. The molecule has 1 fully saturated rings. The van der Waals surface area contributed by atoms with Crippen molar-refractivity contribution in [2.75, 3.05) is 6.54 Å². The lowest BCUT2D eigenvalue weighted by molar-refractivity contribution is 0.131. The average Bonchev–Trinajstić information content (AvgIpc) is 2.98. The highest BCUT2D eigenvalue weighted by molar-refractivity contribution is 7.17. The summed E-state index contributed by atoms with van der Waals surface area (Å²) in [6, 6.07) is 4.25. The molecular formula is C14H18N2OS. The van der Waals surface area contributed by atoms with Crippen LogP contribution in [0.3, 0.4) is 0 Å². The van der Waals surface area contributed by atoms with E-state index in [1.807, 2.05) is 12.3 Å². The number of thiophene rings is 1. The number of aromatic nitrogens is 1. The molecule has 2 unspecified atom stereocenters. The van der Waals surface area contributed by atoms with Gasteiger partial charge in [0.05, 0.1) is 16.3 Å². The van der Waals surface area contributed by atoms with Gasteiger partial charge in [0.2, 0.25) is 0 Å². The third-order valence-electron chi connectivity index (χ3n) is 3.71. The van der Waals surface area contributed by atoms with Gasteiger partial charge in [-0.15, -0.1) is 11.3 Å². The van der Waals surface area contributed by atoms with Crippen molar-refractivity contribution in [3.63, 3.8) is 0 Å². The second-order valence-electron chi connectivity index (χ2n) is 5.04. The molecule has 1 aliphatic rings. The summed E-state index contributed by atoms with van der Waals surface area (Å²) in [5.41, 5.74) is 2.30. The number of pyridine rings is 1. The topological polar surface area (TPSA) is 45.1 Å². The number of aliphatic hydroxyl groups is 1. The summed E-state index contributed by atoms with van der Waals surface area (Å²) in [6.45, 7) is 1.74. The standard InChI is InChI=1S/C14H18N2OS/c17-13-3-1-2-11(13)9-15-7-10-6-14-12(16-8-10)4-5-18-14/h4-6,8,11,13,15,17H,1-3,7,9H2. The molecule has 3 rings (SSSR count). The molecule has 96 valence electrons. The van der Waals surface area contributed by atoms with Crippen molar-refractivity contribution in [2.24, 2.45) is 5.92 Å². The molecule has 2 aromatic heterocycles. The molecule has 0 spiro atoms. The number of aliphatic hydroxyl groups excluding tert-OH is 1. The lowest BCUT2D eigenvalue weighted by Gasteiger charge is -2.14. The Bertz CT molecular complexity index is 525. The average molecular weight is 262 g/mol. The fraction of sp³-hybridized carbons (Fsp3) is 0.500. The largest absolute Gasteiger partial charge is 0.393 e. The van der Waals surface area contributed by atoms with E-state index >= 15 is 0 Å². The van der Waals surface area contributed by atoms with Crippen LogP contribution in [-0.2, 0) is 6.54 Å². The van der Waals surface area contributed by atoms with E-state index in [0.717, 1.165) is 37.9 Å². The molecule has 2 atom stereocenters. The van der Waals surface area contributed by atoms with E-state index in [-0.39, 0.29) is 6.10 Å².